The Morgan fingerprint density at radius 1 is 1.30 bits per heavy atom. The molecule has 1 aromatic rings. The smallest absolute Gasteiger partial charge is 0.252 e. The Labute approximate surface area is 124 Å². The summed E-state index contributed by atoms with van der Waals surface area (Å²) in [6, 6.07) is 9.39. The maximum atomic E-state index is 12.2. The highest BCUT2D eigenvalue weighted by Crippen LogP contribution is 2.14. The quantitative estimate of drug-likeness (QED) is 0.550. The first-order valence-corrected chi connectivity index (χ1v) is 6.76. The van der Waals surface area contributed by atoms with Crippen LogP contribution in [0.3, 0.4) is 0 Å². The van der Waals surface area contributed by atoms with Crippen molar-refractivity contribution in [1.29, 1.82) is 0 Å². The van der Waals surface area contributed by atoms with E-state index in [-0.39, 0.29) is 12.5 Å². The van der Waals surface area contributed by atoms with Crippen LogP contribution >= 0.6 is 12.2 Å². The van der Waals surface area contributed by atoms with Gasteiger partial charge in [-0.15, -0.1) is 0 Å². The van der Waals surface area contributed by atoms with E-state index in [0.29, 0.717) is 31.2 Å². The van der Waals surface area contributed by atoms with Crippen molar-refractivity contribution in [3.05, 3.63) is 30.3 Å². The van der Waals surface area contributed by atoms with Crippen molar-refractivity contribution in [3.63, 3.8) is 0 Å². The molecule has 1 aromatic carbocycles. The summed E-state index contributed by atoms with van der Waals surface area (Å²) in [5.41, 5.74) is 6.31. The summed E-state index contributed by atoms with van der Waals surface area (Å²) in [4.78, 5) is 14.2. The van der Waals surface area contributed by atoms with E-state index in [2.05, 4.69) is 0 Å². The summed E-state index contributed by atoms with van der Waals surface area (Å²) >= 11 is 4.86. The van der Waals surface area contributed by atoms with Crippen LogP contribution in [0.15, 0.2) is 30.3 Å². The van der Waals surface area contributed by atoms with E-state index in [4.69, 9.17) is 27.4 Å². The summed E-state index contributed by atoms with van der Waals surface area (Å²) in [5, 5.41) is 0. The van der Waals surface area contributed by atoms with Crippen LogP contribution in [-0.2, 0) is 14.3 Å². The molecule has 0 saturated carbocycles. The van der Waals surface area contributed by atoms with Crippen molar-refractivity contribution >= 4 is 28.8 Å². The summed E-state index contributed by atoms with van der Waals surface area (Å²) in [6.45, 7) is 1.31. The van der Waals surface area contributed by atoms with E-state index in [1.54, 1.807) is 12.0 Å². The summed E-state index contributed by atoms with van der Waals surface area (Å²) < 4.78 is 10.1. The number of methoxy groups -OCH3 is 1. The molecule has 0 aliphatic carbocycles. The second-order valence-electron chi connectivity index (χ2n) is 4.14. The number of carbonyl (C=O) groups excluding carboxylic acids is 1. The number of hydrogen-bond acceptors (Lipinski definition) is 4. The molecule has 2 N–H and O–H groups in total. The van der Waals surface area contributed by atoms with Crippen molar-refractivity contribution in [2.45, 2.75) is 6.42 Å². The lowest BCUT2D eigenvalue weighted by Crippen LogP contribution is -2.36. The Balaban J connectivity index is 2.62. The molecule has 0 fully saturated rings. The van der Waals surface area contributed by atoms with Gasteiger partial charge in [-0.1, -0.05) is 30.4 Å². The fourth-order valence-electron chi connectivity index (χ4n) is 1.61. The number of para-hydroxylation sites is 1. The van der Waals surface area contributed by atoms with Gasteiger partial charge in [-0.2, -0.15) is 0 Å². The molecule has 110 valence electrons. The zero-order chi connectivity index (χ0) is 14.8. The molecule has 0 unspecified atom stereocenters. The standard InChI is InChI=1S/C14H20N2O3S/c1-18-9-10-19-11-14(17)16(8-7-13(15)20)12-5-3-2-4-6-12/h2-6H,7-11H2,1H3,(H2,15,20). The highest BCUT2D eigenvalue weighted by molar-refractivity contribution is 7.80. The minimum absolute atomic E-state index is 0.00951. The van der Waals surface area contributed by atoms with E-state index >= 15 is 0 Å². The molecule has 0 aliphatic heterocycles. The molecular weight excluding hydrogens is 276 g/mol. The minimum atomic E-state index is -0.122. The summed E-state index contributed by atoms with van der Waals surface area (Å²) in [6.07, 6.45) is 0.480. The molecule has 0 atom stereocenters. The highest BCUT2D eigenvalue weighted by atomic mass is 32.1. The van der Waals surface area contributed by atoms with E-state index in [9.17, 15) is 4.79 Å². The molecule has 0 aliphatic rings. The molecule has 0 radical (unpaired) electrons. The number of hydrogen-bond donors (Lipinski definition) is 1. The molecule has 0 aromatic heterocycles. The average molecular weight is 296 g/mol. The summed E-state index contributed by atoms with van der Waals surface area (Å²) in [7, 11) is 1.59. The lowest BCUT2D eigenvalue weighted by Gasteiger charge is -2.22. The topological polar surface area (TPSA) is 64.8 Å². The molecule has 20 heavy (non-hydrogen) atoms. The number of nitrogens with two attached hydrogens (primary N) is 1. The van der Waals surface area contributed by atoms with E-state index in [1.807, 2.05) is 30.3 Å². The molecule has 1 rings (SSSR count). The lowest BCUT2D eigenvalue weighted by atomic mass is 10.2. The van der Waals surface area contributed by atoms with Gasteiger partial charge < -0.3 is 20.1 Å². The molecule has 0 spiro atoms. The van der Waals surface area contributed by atoms with Crippen molar-refractivity contribution in [2.75, 3.05) is 38.4 Å². The van der Waals surface area contributed by atoms with Gasteiger partial charge in [-0.05, 0) is 12.1 Å². The molecule has 5 nitrogen and oxygen atoms in total. The predicted octanol–water partition coefficient (Wildman–Crippen LogP) is 1.36. The van der Waals surface area contributed by atoms with Crippen LogP contribution in [0.2, 0.25) is 0 Å². The Kier molecular flexibility index (Phi) is 7.79. The second-order valence-corrected chi connectivity index (χ2v) is 4.67. The van der Waals surface area contributed by atoms with E-state index in [1.165, 1.54) is 0 Å². The third-order valence-corrected chi connectivity index (χ3v) is 2.81. The van der Waals surface area contributed by atoms with Crippen LogP contribution in [0.4, 0.5) is 5.69 Å². The van der Waals surface area contributed by atoms with Gasteiger partial charge in [-0.25, -0.2) is 0 Å². The van der Waals surface area contributed by atoms with Gasteiger partial charge >= 0.3 is 0 Å². The van der Waals surface area contributed by atoms with Crippen LogP contribution in [0.5, 0.6) is 0 Å². The predicted molar refractivity (Wildman–Crippen MR) is 82.9 cm³/mol. The Hall–Kier alpha value is -1.50. The van der Waals surface area contributed by atoms with Crippen LogP contribution in [-0.4, -0.2) is 44.4 Å². The van der Waals surface area contributed by atoms with Gasteiger partial charge in [0.15, 0.2) is 0 Å². The van der Waals surface area contributed by atoms with Gasteiger partial charge in [0.2, 0.25) is 0 Å². The second kappa shape index (κ2) is 9.41. The first kappa shape index (κ1) is 16.6. The average Bonchev–Trinajstić information content (AvgIpc) is 2.44. The van der Waals surface area contributed by atoms with Gasteiger partial charge in [0.25, 0.3) is 5.91 Å². The Morgan fingerprint density at radius 2 is 2.00 bits per heavy atom. The maximum absolute atomic E-state index is 12.2. The molecule has 6 heteroatoms. The number of benzene rings is 1. The number of ether oxygens (including phenoxy) is 2. The molecule has 0 bridgehead atoms. The van der Waals surface area contributed by atoms with Crippen LogP contribution in [0, 0.1) is 0 Å². The maximum Gasteiger partial charge on any atom is 0.252 e. The van der Waals surface area contributed by atoms with Gasteiger partial charge in [-0.3, -0.25) is 4.79 Å². The van der Waals surface area contributed by atoms with Crippen molar-refractivity contribution in [1.82, 2.24) is 0 Å². The van der Waals surface area contributed by atoms with Crippen LogP contribution < -0.4 is 10.6 Å². The van der Waals surface area contributed by atoms with E-state index in [0.717, 1.165) is 5.69 Å². The first-order valence-electron chi connectivity index (χ1n) is 6.35. The molecular formula is C14H20N2O3S. The zero-order valence-electron chi connectivity index (χ0n) is 11.6. The molecule has 0 heterocycles. The normalized spacial score (nSPS) is 10.2. The number of thiocarbonyl (C=S) groups is 1. The minimum Gasteiger partial charge on any atom is -0.393 e. The Bertz CT molecular complexity index is 426. The van der Waals surface area contributed by atoms with Gasteiger partial charge in [0.1, 0.15) is 6.61 Å². The summed E-state index contributed by atoms with van der Waals surface area (Å²) in [5.74, 6) is -0.122. The Morgan fingerprint density at radius 3 is 2.60 bits per heavy atom. The third kappa shape index (κ3) is 6.10. The number of rotatable bonds is 9. The molecule has 0 saturated heterocycles. The fraction of sp³-hybridized carbons (Fsp3) is 0.429. The SMILES string of the molecule is COCCOCC(=O)N(CCC(N)=S)c1ccccc1. The van der Waals surface area contributed by atoms with Crippen molar-refractivity contribution in [2.24, 2.45) is 5.73 Å². The van der Waals surface area contributed by atoms with Crippen LogP contribution in [0.25, 0.3) is 0 Å². The monoisotopic (exact) mass is 296 g/mol. The fourth-order valence-corrected chi connectivity index (χ4v) is 1.70. The third-order valence-electron chi connectivity index (χ3n) is 2.61. The number of carbonyl (C=O) groups is 1. The number of nitrogens with zero attached hydrogens (tertiary/aromatic N) is 1. The number of anilines is 1. The largest absolute Gasteiger partial charge is 0.393 e. The first-order chi connectivity index (χ1) is 9.65. The molecule has 1 amide bonds. The zero-order valence-corrected chi connectivity index (χ0v) is 12.4. The van der Waals surface area contributed by atoms with E-state index < -0.39 is 0 Å². The van der Waals surface area contributed by atoms with Crippen LogP contribution in [0.1, 0.15) is 6.42 Å². The van der Waals surface area contributed by atoms with Gasteiger partial charge in [0.05, 0.1) is 18.2 Å². The van der Waals surface area contributed by atoms with Crippen molar-refractivity contribution in [3.8, 4) is 0 Å². The van der Waals surface area contributed by atoms with Gasteiger partial charge in [0, 0.05) is 25.8 Å². The van der Waals surface area contributed by atoms with Crippen molar-refractivity contribution < 1.29 is 14.3 Å². The highest BCUT2D eigenvalue weighted by Gasteiger charge is 2.15. The lowest BCUT2D eigenvalue weighted by molar-refractivity contribution is -0.123. The number of amides is 1.